The van der Waals surface area contributed by atoms with E-state index in [-0.39, 0.29) is 31.1 Å². The molecular formula is C68H118O6. The molecule has 0 bridgehead atoms. The van der Waals surface area contributed by atoms with Crippen LogP contribution in [-0.4, -0.2) is 37.2 Å². The number of hydrogen-bond acceptors (Lipinski definition) is 6. The molecule has 1 atom stereocenters. The summed E-state index contributed by atoms with van der Waals surface area (Å²) in [6.45, 7) is 6.51. The molecule has 0 aliphatic carbocycles. The number of ether oxygens (including phenoxy) is 3. The van der Waals surface area contributed by atoms with E-state index in [0.29, 0.717) is 19.3 Å². The second-order valence-corrected chi connectivity index (χ2v) is 20.9. The Morgan fingerprint density at radius 3 is 0.824 bits per heavy atom. The zero-order valence-electron chi connectivity index (χ0n) is 48.8. The zero-order valence-corrected chi connectivity index (χ0v) is 48.8. The van der Waals surface area contributed by atoms with Crippen LogP contribution in [-0.2, 0) is 28.6 Å². The van der Waals surface area contributed by atoms with Gasteiger partial charge in [-0.2, -0.15) is 0 Å². The molecule has 426 valence electrons. The average molecular weight is 1030 g/mol. The number of rotatable bonds is 57. The van der Waals surface area contributed by atoms with Gasteiger partial charge in [0.05, 0.1) is 0 Å². The number of carbonyl (C=O) groups is 3. The molecule has 0 radical (unpaired) electrons. The van der Waals surface area contributed by atoms with Crippen LogP contribution in [0.15, 0.2) is 85.1 Å². The highest BCUT2D eigenvalue weighted by atomic mass is 16.6. The van der Waals surface area contributed by atoms with Gasteiger partial charge >= 0.3 is 17.9 Å². The van der Waals surface area contributed by atoms with E-state index in [1.54, 1.807) is 0 Å². The van der Waals surface area contributed by atoms with Crippen molar-refractivity contribution in [1.29, 1.82) is 0 Å². The van der Waals surface area contributed by atoms with Crippen LogP contribution in [0.4, 0.5) is 0 Å². The standard InChI is InChI=1S/C68H118O6/c1-4-7-10-13-16-19-21-23-25-27-29-31-33-34-36-37-39-41-43-45-47-49-52-55-58-61-67(70)73-64-65(63-72-66(69)60-57-54-51-18-15-12-9-6-3)74-68(71)62-59-56-53-50-48-46-44-42-40-38-35-32-30-28-26-24-22-20-17-14-11-8-5-2/h8,11,17,20-21,23-24,26-27,29-30,32-34,65H,4-7,9-10,12-16,18-19,22,25,28,31,35-64H2,1-3H3/b11-8-,20-17-,23-21-,26-24-,29-27-,32-30-,34-33-. The Labute approximate surface area is 458 Å². The Balaban J connectivity index is 4.20. The van der Waals surface area contributed by atoms with E-state index in [1.807, 2.05) is 0 Å². The summed E-state index contributed by atoms with van der Waals surface area (Å²) in [4.78, 5) is 38.1. The summed E-state index contributed by atoms with van der Waals surface area (Å²) in [6, 6.07) is 0. The molecule has 0 saturated heterocycles. The number of allylic oxidation sites excluding steroid dienone is 14. The van der Waals surface area contributed by atoms with Crippen molar-refractivity contribution in [3.63, 3.8) is 0 Å². The van der Waals surface area contributed by atoms with Crippen LogP contribution in [0.1, 0.15) is 310 Å². The zero-order chi connectivity index (χ0) is 53.6. The Morgan fingerprint density at radius 2 is 0.527 bits per heavy atom. The molecular weight excluding hydrogens is 913 g/mol. The summed E-state index contributed by atoms with van der Waals surface area (Å²) >= 11 is 0. The van der Waals surface area contributed by atoms with Crippen molar-refractivity contribution in [1.82, 2.24) is 0 Å². The fraction of sp³-hybridized carbons (Fsp3) is 0.750. The van der Waals surface area contributed by atoms with Gasteiger partial charge in [-0.1, -0.05) is 279 Å². The minimum absolute atomic E-state index is 0.0774. The highest BCUT2D eigenvalue weighted by molar-refractivity contribution is 5.71. The first-order valence-corrected chi connectivity index (χ1v) is 31.6. The molecule has 74 heavy (non-hydrogen) atoms. The number of esters is 3. The smallest absolute Gasteiger partial charge is 0.306 e. The monoisotopic (exact) mass is 1030 g/mol. The van der Waals surface area contributed by atoms with Crippen LogP contribution in [0.2, 0.25) is 0 Å². The van der Waals surface area contributed by atoms with E-state index in [1.165, 1.54) is 173 Å². The van der Waals surface area contributed by atoms with Gasteiger partial charge in [0.15, 0.2) is 6.10 Å². The highest BCUT2D eigenvalue weighted by Gasteiger charge is 2.19. The molecule has 0 aromatic heterocycles. The molecule has 0 aromatic rings. The second kappa shape index (κ2) is 62.1. The Morgan fingerprint density at radius 1 is 0.284 bits per heavy atom. The van der Waals surface area contributed by atoms with Crippen molar-refractivity contribution in [2.24, 2.45) is 0 Å². The minimum Gasteiger partial charge on any atom is -0.462 e. The molecule has 6 heteroatoms. The molecule has 1 unspecified atom stereocenters. The molecule has 0 saturated carbocycles. The van der Waals surface area contributed by atoms with Crippen LogP contribution in [0.3, 0.4) is 0 Å². The summed E-state index contributed by atoms with van der Waals surface area (Å²) in [6.07, 6.45) is 81.7. The molecule has 0 spiro atoms. The van der Waals surface area contributed by atoms with E-state index in [4.69, 9.17) is 14.2 Å². The SMILES string of the molecule is CC/C=C\C/C=C\C/C=C\C/C=C\CCCCCCCCCCCCC(=O)OC(COC(=O)CCCCCCCCCC)COC(=O)CCCCCCCCCCCC/C=C\C/C=C\C/C=C\CCCCCCC. The first-order valence-electron chi connectivity index (χ1n) is 31.6. The maximum Gasteiger partial charge on any atom is 0.306 e. The van der Waals surface area contributed by atoms with Gasteiger partial charge in [0.25, 0.3) is 0 Å². The van der Waals surface area contributed by atoms with Gasteiger partial charge in [0.2, 0.25) is 0 Å². The lowest BCUT2D eigenvalue weighted by Gasteiger charge is -2.18. The Bertz CT molecular complexity index is 1420. The topological polar surface area (TPSA) is 78.9 Å². The molecule has 0 heterocycles. The third kappa shape index (κ3) is 59.5. The normalized spacial score (nSPS) is 12.6. The molecule has 0 aliphatic heterocycles. The minimum atomic E-state index is -0.779. The summed E-state index contributed by atoms with van der Waals surface area (Å²) in [5, 5.41) is 0. The lowest BCUT2D eigenvalue weighted by atomic mass is 10.0. The van der Waals surface area contributed by atoms with Crippen LogP contribution >= 0.6 is 0 Å². The molecule has 0 aromatic carbocycles. The number of hydrogen-bond donors (Lipinski definition) is 0. The second-order valence-electron chi connectivity index (χ2n) is 20.9. The fourth-order valence-electron chi connectivity index (χ4n) is 8.91. The number of unbranched alkanes of at least 4 members (excludes halogenated alkanes) is 32. The lowest BCUT2D eigenvalue weighted by molar-refractivity contribution is -0.167. The van der Waals surface area contributed by atoms with E-state index in [0.717, 1.165) is 96.3 Å². The fourth-order valence-corrected chi connectivity index (χ4v) is 8.91. The van der Waals surface area contributed by atoms with Gasteiger partial charge in [-0.15, -0.1) is 0 Å². The third-order valence-electron chi connectivity index (χ3n) is 13.6. The third-order valence-corrected chi connectivity index (χ3v) is 13.6. The van der Waals surface area contributed by atoms with E-state index in [9.17, 15) is 14.4 Å². The Kier molecular flexibility index (Phi) is 59.3. The molecule has 0 rings (SSSR count). The molecule has 0 amide bonds. The van der Waals surface area contributed by atoms with Crippen molar-refractivity contribution in [3.05, 3.63) is 85.1 Å². The van der Waals surface area contributed by atoms with E-state index >= 15 is 0 Å². The first kappa shape index (κ1) is 70.6. The van der Waals surface area contributed by atoms with Crippen molar-refractivity contribution in [2.75, 3.05) is 13.2 Å². The van der Waals surface area contributed by atoms with Gasteiger partial charge < -0.3 is 14.2 Å². The summed E-state index contributed by atoms with van der Waals surface area (Å²) in [7, 11) is 0. The molecule has 0 N–H and O–H groups in total. The van der Waals surface area contributed by atoms with Gasteiger partial charge in [0.1, 0.15) is 13.2 Å². The highest BCUT2D eigenvalue weighted by Crippen LogP contribution is 2.16. The van der Waals surface area contributed by atoms with Gasteiger partial charge in [-0.05, 0) is 96.3 Å². The van der Waals surface area contributed by atoms with Crippen LogP contribution < -0.4 is 0 Å². The summed E-state index contributed by atoms with van der Waals surface area (Å²) in [5.74, 6) is -0.880. The van der Waals surface area contributed by atoms with Crippen LogP contribution in [0, 0.1) is 0 Å². The molecule has 6 nitrogen and oxygen atoms in total. The van der Waals surface area contributed by atoms with Crippen molar-refractivity contribution < 1.29 is 28.6 Å². The van der Waals surface area contributed by atoms with Gasteiger partial charge in [-0.25, -0.2) is 0 Å². The van der Waals surface area contributed by atoms with Crippen LogP contribution in [0.5, 0.6) is 0 Å². The van der Waals surface area contributed by atoms with Crippen molar-refractivity contribution >= 4 is 17.9 Å². The summed E-state index contributed by atoms with van der Waals surface area (Å²) < 4.78 is 16.9. The molecule has 0 aliphatic rings. The largest absolute Gasteiger partial charge is 0.462 e. The maximum absolute atomic E-state index is 12.9. The van der Waals surface area contributed by atoms with E-state index in [2.05, 4.69) is 106 Å². The quantitative estimate of drug-likeness (QED) is 0.0261. The lowest BCUT2D eigenvalue weighted by Crippen LogP contribution is -2.30. The number of carbonyl (C=O) groups excluding carboxylic acids is 3. The molecule has 0 fully saturated rings. The predicted octanol–water partition coefficient (Wildman–Crippen LogP) is 21.5. The average Bonchev–Trinajstić information content (AvgIpc) is 3.40. The summed E-state index contributed by atoms with van der Waals surface area (Å²) in [5.41, 5.74) is 0. The Hall–Kier alpha value is -3.41. The van der Waals surface area contributed by atoms with E-state index < -0.39 is 6.10 Å². The maximum atomic E-state index is 12.9. The van der Waals surface area contributed by atoms with Crippen LogP contribution in [0.25, 0.3) is 0 Å². The van der Waals surface area contributed by atoms with Crippen molar-refractivity contribution in [3.8, 4) is 0 Å². The van der Waals surface area contributed by atoms with Crippen molar-refractivity contribution in [2.45, 2.75) is 316 Å². The predicted molar refractivity (Wildman–Crippen MR) is 321 cm³/mol. The van der Waals surface area contributed by atoms with Gasteiger partial charge in [-0.3, -0.25) is 14.4 Å². The van der Waals surface area contributed by atoms with Gasteiger partial charge in [0, 0.05) is 19.3 Å². The first-order chi connectivity index (χ1) is 36.5.